The maximum Gasteiger partial charge on any atom is 0.251 e. The molecule has 0 aromatic heterocycles. The predicted molar refractivity (Wildman–Crippen MR) is 94.9 cm³/mol. The quantitative estimate of drug-likeness (QED) is 0.617. The van der Waals surface area contributed by atoms with Crippen molar-refractivity contribution in [2.45, 2.75) is 44.9 Å². The first-order valence-electron chi connectivity index (χ1n) is 9.00. The molecule has 0 bridgehead atoms. The van der Waals surface area contributed by atoms with E-state index >= 15 is 0 Å². The number of benzene rings is 1. The molecule has 1 fully saturated rings. The summed E-state index contributed by atoms with van der Waals surface area (Å²) in [5, 5.41) is 5.28. The van der Waals surface area contributed by atoms with Crippen LogP contribution in [0.1, 0.15) is 54.4 Å². The Hall–Kier alpha value is -2.43. The van der Waals surface area contributed by atoms with Gasteiger partial charge in [0.25, 0.3) is 5.91 Å². The minimum absolute atomic E-state index is 0.0725. The third-order valence-corrected chi connectivity index (χ3v) is 4.88. The number of carbonyl (C=O) groups excluding carboxylic acids is 3. The fourth-order valence-corrected chi connectivity index (χ4v) is 3.42. The van der Waals surface area contributed by atoms with E-state index in [0.29, 0.717) is 18.5 Å². The van der Waals surface area contributed by atoms with Gasteiger partial charge in [0.2, 0.25) is 11.8 Å². The summed E-state index contributed by atoms with van der Waals surface area (Å²) in [6, 6.07) is 7.27. The number of carbonyl (C=O) groups is 3. The van der Waals surface area contributed by atoms with Crippen LogP contribution < -0.4 is 10.6 Å². The molecule has 1 aliphatic carbocycles. The molecule has 0 spiro atoms. The summed E-state index contributed by atoms with van der Waals surface area (Å²) >= 11 is 0. The fraction of sp³-hybridized carbons (Fsp3) is 0.450. The molecule has 1 atom stereocenters. The van der Waals surface area contributed by atoms with Gasteiger partial charge in [-0.05, 0) is 56.2 Å². The zero-order valence-corrected chi connectivity index (χ0v) is 14.3. The van der Waals surface area contributed by atoms with Crippen LogP contribution in [0.25, 0.3) is 0 Å². The van der Waals surface area contributed by atoms with Crippen molar-refractivity contribution in [1.29, 1.82) is 0 Å². The molecule has 5 nitrogen and oxygen atoms in total. The van der Waals surface area contributed by atoms with E-state index in [0.717, 1.165) is 24.8 Å². The molecule has 1 aromatic carbocycles. The van der Waals surface area contributed by atoms with Crippen LogP contribution in [0.2, 0.25) is 0 Å². The van der Waals surface area contributed by atoms with Gasteiger partial charge >= 0.3 is 0 Å². The maximum atomic E-state index is 12.2. The SMILES string of the molecule is O=C1C[C@H](Cc2ccc(C(=O)NCCC3=CCCCC3)cc2)C(=O)N1. The van der Waals surface area contributed by atoms with E-state index in [9.17, 15) is 14.4 Å². The van der Waals surface area contributed by atoms with Crippen molar-refractivity contribution in [2.75, 3.05) is 6.54 Å². The zero-order chi connectivity index (χ0) is 17.6. The first-order valence-corrected chi connectivity index (χ1v) is 9.00. The molecule has 1 aromatic rings. The number of hydrogen-bond acceptors (Lipinski definition) is 3. The summed E-state index contributed by atoms with van der Waals surface area (Å²) in [5.41, 5.74) is 3.03. The minimum atomic E-state index is -0.295. The summed E-state index contributed by atoms with van der Waals surface area (Å²) in [4.78, 5) is 35.0. The summed E-state index contributed by atoms with van der Waals surface area (Å²) in [5.74, 6) is -0.782. The molecular weight excluding hydrogens is 316 g/mol. The Labute approximate surface area is 147 Å². The fourth-order valence-electron chi connectivity index (χ4n) is 3.42. The number of imide groups is 1. The van der Waals surface area contributed by atoms with Crippen molar-refractivity contribution in [3.8, 4) is 0 Å². The van der Waals surface area contributed by atoms with Crippen LogP contribution in [0.3, 0.4) is 0 Å². The van der Waals surface area contributed by atoms with Crippen molar-refractivity contribution in [3.63, 3.8) is 0 Å². The summed E-state index contributed by atoms with van der Waals surface area (Å²) in [7, 11) is 0. The Morgan fingerprint density at radius 3 is 2.60 bits per heavy atom. The van der Waals surface area contributed by atoms with E-state index in [4.69, 9.17) is 0 Å². The normalized spacial score (nSPS) is 20.2. The second-order valence-electron chi connectivity index (χ2n) is 6.83. The summed E-state index contributed by atoms with van der Waals surface area (Å²) in [6.07, 6.45) is 8.84. The van der Waals surface area contributed by atoms with E-state index in [1.807, 2.05) is 12.1 Å². The van der Waals surface area contributed by atoms with Crippen LogP contribution in [-0.4, -0.2) is 24.3 Å². The second-order valence-corrected chi connectivity index (χ2v) is 6.83. The van der Waals surface area contributed by atoms with Gasteiger partial charge in [-0.3, -0.25) is 19.7 Å². The molecule has 1 saturated heterocycles. The summed E-state index contributed by atoms with van der Waals surface area (Å²) < 4.78 is 0. The van der Waals surface area contributed by atoms with E-state index in [1.165, 1.54) is 18.4 Å². The average molecular weight is 340 g/mol. The van der Waals surface area contributed by atoms with Gasteiger partial charge in [-0.15, -0.1) is 0 Å². The van der Waals surface area contributed by atoms with Crippen LogP contribution in [0.5, 0.6) is 0 Å². The lowest BCUT2D eigenvalue weighted by atomic mass is 9.97. The van der Waals surface area contributed by atoms with Gasteiger partial charge in [0.05, 0.1) is 5.92 Å². The smallest absolute Gasteiger partial charge is 0.251 e. The third-order valence-electron chi connectivity index (χ3n) is 4.88. The Bertz CT molecular complexity index is 691. The molecule has 3 amide bonds. The molecule has 3 rings (SSSR count). The number of amides is 3. The Morgan fingerprint density at radius 2 is 1.96 bits per heavy atom. The molecule has 132 valence electrons. The van der Waals surface area contributed by atoms with Gasteiger partial charge in [0, 0.05) is 18.5 Å². The molecule has 0 radical (unpaired) electrons. The average Bonchev–Trinajstić information content (AvgIpc) is 2.93. The molecule has 5 heteroatoms. The van der Waals surface area contributed by atoms with Gasteiger partial charge in [-0.2, -0.15) is 0 Å². The molecule has 0 saturated carbocycles. The molecule has 1 heterocycles. The second kappa shape index (κ2) is 8.10. The van der Waals surface area contributed by atoms with Crippen LogP contribution in [-0.2, 0) is 16.0 Å². The first-order chi connectivity index (χ1) is 12.1. The molecular formula is C20H24N2O3. The lowest BCUT2D eigenvalue weighted by Crippen LogP contribution is -2.25. The lowest BCUT2D eigenvalue weighted by Gasteiger charge is -2.13. The van der Waals surface area contributed by atoms with E-state index in [-0.39, 0.29) is 30.1 Å². The molecule has 2 aliphatic rings. The number of allylic oxidation sites excluding steroid dienone is 1. The predicted octanol–water partition coefficient (Wildman–Crippen LogP) is 2.51. The van der Waals surface area contributed by atoms with E-state index in [2.05, 4.69) is 16.7 Å². The van der Waals surface area contributed by atoms with E-state index in [1.54, 1.807) is 12.1 Å². The monoisotopic (exact) mass is 340 g/mol. The van der Waals surface area contributed by atoms with Gasteiger partial charge in [0.15, 0.2) is 0 Å². The largest absolute Gasteiger partial charge is 0.352 e. The van der Waals surface area contributed by atoms with Gasteiger partial charge in [-0.1, -0.05) is 23.8 Å². The van der Waals surface area contributed by atoms with Crippen molar-refractivity contribution >= 4 is 17.7 Å². The Kier molecular flexibility index (Phi) is 5.64. The van der Waals surface area contributed by atoms with Crippen molar-refractivity contribution in [1.82, 2.24) is 10.6 Å². The van der Waals surface area contributed by atoms with E-state index < -0.39 is 0 Å². The Morgan fingerprint density at radius 1 is 1.16 bits per heavy atom. The molecule has 25 heavy (non-hydrogen) atoms. The molecule has 1 aliphatic heterocycles. The zero-order valence-electron chi connectivity index (χ0n) is 14.3. The molecule has 0 unspecified atom stereocenters. The van der Waals surface area contributed by atoms with Gasteiger partial charge in [-0.25, -0.2) is 0 Å². The topological polar surface area (TPSA) is 75.3 Å². The van der Waals surface area contributed by atoms with Gasteiger partial charge in [0.1, 0.15) is 0 Å². The maximum absolute atomic E-state index is 12.2. The highest BCUT2D eigenvalue weighted by atomic mass is 16.2. The number of nitrogens with one attached hydrogen (secondary N) is 2. The highest BCUT2D eigenvalue weighted by Gasteiger charge is 2.30. The van der Waals surface area contributed by atoms with Crippen molar-refractivity contribution in [2.24, 2.45) is 5.92 Å². The van der Waals surface area contributed by atoms with Crippen molar-refractivity contribution < 1.29 is 14.4 Å². The minimum Gasteiger partial charge on any atom is -0.352 e. The highest BCUT2D eigenvalue weighted by Crippen LogP contribution is 2.20. The number of hydrogen-bond donors (Lipinski definition) is 2. The van der Waals surface area contributed by atoms with Crippen molar-refractivity contribution in [3.05, 3.63) is 47.0 Å². The third kappa shape index (κ3) is 4.78. The molecule has 2 N–H and O–H groups in total. The summed E-state index contributed by atoms with van der Waals surface area (Å²) in [6.45, 7) is 0.663. The Balaban J connectivity index is 1.47. The standard InChI is InChI=1S/C20H24N2O3/c23-18-13-17(20(25)22-18)12-15-6-8-16(9-7-15)19(24)21-11-10-14-4-2-1-3-5-14/h4,6-9,17H,1-3,5,10-13H2,(H,21,24)(H,22,23,25)/t17-/m0/s1. The van der Waals surface area contributed by atoms with Crippen LogP contribution in [0, 0.1) is 5.92 Å². The van der Waals surface area contributed by atoms with Crippen LogP contribution in [0.15, 0.2) is 35.9 Å². The van der Waals surface area contributed by atoms with Crippen LogP contribution >= 0.6 is 0 Å². The first kappa shape index (κ1) is 17.4. The number of rotatable bonds is 6. The lowest BCUT2D eigenvalue weighted by molar-refractivity contribution is -0.125. The van der Waals surface area contributed by atoms with Gasteiger partial charge < -0.3 is 5.32 Å². The highest BCUT2D eigenvalue weighted by molar-refractivity contribution is 6.03. The van der Waals surface area contributed by atoms with Crippen LogP contribution in [0.4, 0.5) is 0 Å².